The second-order valence-electron chi connectivity index (χ2n) is 9.92. The van der Waals surface area contributed by atoms with Gasteiger partial charge in [-0.05, 0) is 55.2 Å². The molecule has 33 heavy (non-hydrogen) atoms. The van der Waals surface area contributed by atoms with E-state index in [2.05, 4.69) is 59.9 Å². The average molecular weight is 453 g/mol. The molecule has 2 aromatic rings. The van der Waals surface area contributed by atoms with E-state index in [0.717, 1.165) is 25.9 Å². The second kappa shape index (κ2) is 10.3. The van der Waals surface area contributed by atoms with Crippen molar-refractivity contribution in [2.45, 2.75) is 72.1 Å². The monoisotopic (exact) mass is 452 g/mol. The molecular weight excluding hydrogens is 416 g/mol. The van der Waals surface area contributed by atoms with Crippen molar-refractivity contribution in [1.82, 2.24) is 9.97 Å². The fourth-order valence-corrected chi connectivity index (χ4v) is 4.20. The topological polar surface area (TPSA) is 98.4 Å². The van der Waals surface area contributed by atoms with Gasteiger partial charge in [-0.1, -0.05) is 39.8 Å². The Morgan fingerprint density at radius 2 is 1.76 bits per heavy atom. The van der Waals surface area contributed by atoms with Crippen LogP contribution in [0.5, 0.6) is 5.75 Å². The highest BCUT2D eigenvalue weighted by Crippen LogP contribution is 2.29. The normalized spacial score (nSPS) is 14.9. The highest BCUT2D eigenvalue weighted by Gasteiger charge is 2.24. The molecule has 1 aliphatic rings. The number of carbonyl (C=O) groups is 2. The lowest BCUT2D eigenvalue weighted by Crippen LogP contribution is -2.34. The zero-order valence-electron chi connectivity index (χ0n) is 20.5. The SMILES string of the molecule is CCCC(=O)Oc1c(C)nc(CC2CCN(c3ccc(C(C)(C)C)cc3)CC2)nc1C(N)=O. The number of carbonyl (C=O) groups excluding carboxylic acids is 2. The molecule has 1 aromatic heterocycles. The number of hydrogen-bond acceptors (Lipinski definition) is 6. The van der Waals surface area contributed by atoms with E-state index in [9.17, 15) is 9.59 Å². The smallest absolute Gasteiger partial charge is 0.311 e. The summed E-state index contributed by atoms with van der Waals surface area (Å²) in [5.74, 6) is -0.0524. The standard InChI is InChI=1S/C26H36N4O3/c1-6-7-22(31)33-24-17(2)28-21(29-23(24)25(27)32)16-18-12-14-30(15-13-18)20-10-8-19(9-11-20)26(3,4)5/h8-11,18H,6-7,12-16H2,1-5H3,(H2,27,32). The van der Waals surface area contributed by atoms with E-state index in [1.807, 2.05) is 6.92 Å². The van der Waals surface area contributed by atoms with Gasteiger partial charge in [0, 0.05) is 31.6 Å². The lowest BCUT2D eigenvalue weighted by Gasteiger charge is -2.34. The van der Waals surface area contributed by atoms with Crippen LogP contribution in [0.1, 0.15) is 80.9 Å². The summed E-state index contributed by atoms with van der Waals surface area (Å²) in [5.41, 5.74) is 8.72. The summed E-state index contributed by atoms with van der Waals surface area (Å²) in [7, 11) is 0. The number of benzene rings is 1. The van der Waals surface area contributed by atoms with Gasteiger partial charge < -0.3 is 15.4 Å². The Morgan fingerprint density at radius 3 is 2.30 bits per heavy atom. The van der Waals surface area contributed by atoms with E-state index in [0.29, 0.717) is 30.3 Å². The van der Waals surface area contributed by atoms with Crippen molar-refractivity contribution >= 4 is 17.6 Å². The summed E-state index contributed by atoms with van der Waals surface area (Å²) in [6.45, 7) is 12.2. The van der Waals surface area contributed by atoms with E-state index in [-0.39, 0.29) is 23.3 Å². The highest BCUT2D eigenvalue weighted by atomic mass is 16.5. The molecule has 178 valence electrons. The van der Waals surface area contributed by atoms with Gasteiger partial charge in [-0.25, -0.2) is 9.97 Å². The Morgan fingerprint density at radius 1 is 1.12 bits per heavy atom. The number of anilines is 1. The first-order valence-corrected chi connectivity index (χ1v) is 11.8. The first-order chi connectivity index (χ1) is 15.6. The third kappa shape index (κ3) is 6.30. The number of primary amides is 1. The van der Waals surface area contributed by atoms with Crippen LogP contribution >= 0.6 is 0 Å². The van der Waals surface area contributed by atoms with Gasteiger partial charge in [0.25, 0.3) is 5.91 Å². The van der Waals surface area contributed by atoms with Crippen molar-refractivity contribution in [3.63, 3.8) is 0 Å². The van der Waals surface area contributed by atoms with Crippen LogP contribution in [0.15, 0.2) is 24.3 Å². The van der Waals surface area contributed by atoms with Gasteiger partial charge in [0.05, 0.1) is 5.69 Å². The van der Waals surface area contributed by atoms with E-state index in [1.165, 1.54) is 11.3 Å². The Kier molecular flexibility index (Phi) is 7.72. The zero-order valence-corrected chi connectivity index (χ0v) is 20.5. The van der Waals surface area contributed by atoms with Crippen LogP contribution in [0.2, 0.25) is 0 Å². The van der Waals surface area contributed by atoms with Gasteiger partial charge in [-0.3, -0.25) is 9.59 Å². The lowest BCUT2D eigenvalue weighted by atomic mass is 9.87. The first kappa shape index (κ1) is 24.7. The van der Waals surface area contributed by atoms with Crippen molar-refractivity contribution in [2.24, 2.45) is 11.7 Å². The van der Waals surface area contributed by atoms with Gasteiger partial charge in [-0.2, -0.15) is 0 Å². The van der Waals surface area contributed by atoms with Crippen LogP contribution in [0.25, 0.3) is 0 Å². The minimum Gasteiger partial charge on any atom is -0.422 e. The van der Waals surface area contributed by atoms with E-state index < -0.39 is 11.9 Å². The molecule has 1 saturated heterocycles. The number of rotatable bonds is 7. The Balaban J connectivity index is 1.65. The molecule has 0 saturated carbocycles. The van der Waals surface area contributed by atoms with Gasteiger partial charge in [-0.15, -0.1) is 0 Å². The van der Waals surface area contributed by atoms with Crippen LogP contribution in [0, 0.1) is 12.8 Å². The highest BCUT2D eigenvalue weighted by molar-refractivity contribution is 5.94. The van der Waals surface area contributed by atoms with Crippen molar-refractivity contribution in [3.8, 4) is 5.75 Å². The molecule has 0 aliphatic carbocycles. The molecule has 0 radical (unpaired) electrons. The molecule has 7 heteroatoms. The number of esters is 1. The van der Waals surface area contributed by atoms with Crippen LogP contribution in [-0.2, 0) is 16.6 Å². The molecule has 0 unspecified atom stereocenters. The number of aryl methyl sites for hydroxylation is 1. The molecule has 0 atom stereocenters. The van der Waals surface area contributed by atoms with Gasteiger partial charge in [0.1, 0.15) is 5.82 Å². The predicted octanol–water partition coefficient (Wildman–Crippen LogP) is 4.35. The second-order valence-corrected chi connectivity index (χ2v) is 9.92. The molecule has 1 amide bonds. The molecule has 1 fully saturated rings. The zero-order chi connectivity index (χ0) is 24.2. The van der Waals surface area contributed by atoms with Crippen LogP contribution < -0.4 is 15.4 Å². The number of hydrogen-bond donors (Lipinski definition) is 1. The van der Waals surface area contributed by atoms with E-state index in [4.69, 9.17) is 10.5 Å². The van der Waals surface area contributed by atoms with E-state index >= 15 is 0 Å². The summed E-state index contributed by atoms with van der Waals surface area (Å²) in [5, 5.41) is 0. The van der Waals surface area contributed by atoms with E-state index in [1.54, 1.807) is 6.92 Å². The molecule has 0 bridgehead atoms. The summed E-state index contributed by atoms with van der Waals surface area (Å²) in [6, 6.07) is 8.87. The maximum atomic E-state index is 12.0. The van der Waals surface area contributed by atoms with Crippen molar-refractivity contribution in [3.05, 3.63) is 47.0 Å². The maximum Gasteiger partial charge on any atom is 0.311 e. The summed E-state index contributed by atoms with van der Waals surface area (Å²) < 4.78 is 5.34. The summed E-state index contributed by atoms with van der Waals surface area (Å²) >= 11 is 0. The lowest BCUT2D eigenvalue weighted by molar-refractivity contribution is -0.134. The summed E-state index contributed by atoms with van der Waals surface area (Å²) in [6.07, 6.45) is 3.62. The quantitative estimate of drug-likeness (QED) is 0.627. The molecular formula is C26H36N4O3. The fourth-order valence-electron chi connectivity index (χ4n) is 4.20. The average Bonchev–Trinajstić information content (AvgIpc) is 2.75. The maximum absolute atomic E-state index is 12.0. The van der Waals surface area contributed by atoms with Crippen LogP contribution in [0.3, 0.4) is 0 Å². The van der Waals surface area contributed by atoms with Gasteiger partial charge in [0.15, 0.2) is 11.4 Å². The molecule has 3 rings (SSSR count). The summed E-state index contributed by atoms with van der Waals surface area (Å²) in [4.78, 5) is 35.2. The number of nitrogens with two attached hydrogens (primary N) is 1. The third-order valence-electron chi connectivity index (χ3n) is 6.17. The number of aromatic nitrogens is 2. The fraction of sp³-hybridized carbons (Fsp3) is 0.538. The Labute approximate surface area is 196 Å². The molecule has 2 heterocycles. The Bertz CT molecular complexity index is 988. The van der Waals surface area contributed by atoms with Crippen LogP contribution in [-0.4, -0.2) is 34.9 Å². The number of amides is 1. The minimum absolute atomic E-state index is 0.0154. The van der Waals surface area contributed by atoms with Gasteiger partial charge in [0.2, 0.25) is 0 Å². The molecule has 7 nitrogen and oxygen atoms in total. The minimum atomic E-state index is -0.713. The predicted molar refractivity (Wildman–Crippen MR) is 130 cm³/mol. The number of ether oxygens (including phenoxy) is 1. The van der Waals surface area contributed by atoms with Crippen LogP contribution in [0.4, 0.5) is 5.69 Å². The van der Waals surface area contributed by atoms with Crippen molar-refractivity contribution in [1.29, 1.82) is 0 Å². The number of nitrogens with zero attached hydrogens (tertiary/aromatic N) is 3. The molecule has 1 aliphatic heterocycles. The number of piperidine rings is 1. The Hall–Kier alpha value is -2.96. The first-order valence-electron chi connectivity index (χ1n) is 11.8. The van der Waals surface area contributed by atoms with Gasteiger partial charge >= 0.3 is 5.97 Å². The molecule has 0 spiro atoms. The van der Waals surface area contributed by atoms with Crippen molar-refractivity contribution < 1.29 is 14.3 Å². The molecule has 1 aromatic carbocycles. The molecule has 2 N–H and O–H groups in total. The largest absolute Gasteiger partial charge is 0.422 e. The third-order valence-corrected chi connectivity index (χ3v) is 6.17. The van der Waals surface area contributed by atoms with Crippen molar-refractivity contribution in [2.75, 3.05) is 18.0 Å².